The number of anilines is 2. The molecule has 0 bridgehead atoms. The number of methoxy groups -OCH3 is 2. The number of carbonyl (C=O) groups is 2. The molecule has 3 aromatic rings. The normalized spacial score (nSPS) is 15.1. The highest BCUT2D eigenvalue weighted by atomic mass is 19.2. The van der Waals surface area contributed by atoms with E-state index in [4.69, 9.17) is 9.47 Å². The Kier molecular flexibility index (Phi) is 5.28. The molecule has 8 nitrogen and oxygen atoms in total. The Labute approximate surface area is 175 Å². The van der Waals surface area contributed by atoms with E-state index >= 15 is 0 Å². The number of fused-ring (bicyclic) bond motifs is 1. The molecule has 2 amide bonds. The summed E-state index contributed by atoms with van der Waals surface area (Å²) < 4.78 is 38.5. The van der Waals surface area contributed by atoms with Gasteiger partial charge in [0.05, 0.1) is 26.8 Å². The number of hydrogen-bond donors (Lipinski definition) is 2. The van der Waals surface area contributed by atoms with Gasteiger partial charge >= 0.3 is 0 Å². The highest BCUT2D eigenvalue weighted by Crippen LogP contribution is 2.38. The molecular weight excluding hydrogens is 410 g/mol. The van der Waals surface area contributed by atoms with Gasteiger partial charge in [0, 0.05) is 17.3 Å². The number of halogens is 2. The molecule has 1 aliphatic heterocycles. The van der Waals surface area contributed by atoms with Crippen LogP contribution in [-0.2, 0) is 9.59 Å². The third-order valence-corrected chi connectivity index (χ3v) is 4.91. The molecule has 0 saturated carbocycles. The van der Waals surface area contributed by atoms with E-state index in [1.165, 1.54) is 31.2 Å². The Morgan fingerprint density at radius 3 is 2.61 bits per heavy atom. The molecule has 1 aliphatic rings. The highest BCUT2D eigenvalue weighted by Gasteiger charge is 2.33. The molecule has 2 N–H and O–H groups in total. The number of rotatable bonds is 5. The maximum atomic E-state index is 13.5. The lowest BCUT2D eigenvalue weighted by Gasteiger charge is -2.24. The summed E-state index contributed by atoms with van der Waals surface area (Å²) in [5.74, 6) is -1.69. The number of hydrogen-bond acceptors (Lipinski definition) is 5. The Hall–Kier alpha value is -3.95. The number of amides is 2. The predicted molar refractivity (Wildman–Crippen MR) is 108 cm³/mol. The van der Waals surface area contributed by atoms with E-state index in [1.807, 2.05) is 0 Å². The number of ether oxygens (including phenoxy) is 2. The lowest BCUT2D eigenvalue weighted by Crippen LogP contribution is -2.35. The fraction of sp³-hybridized carbons (Fsp3) is 0.190. The van der Waals surface area contributed by atoms with Crippen LogP contribution >= 0.6 is 0 Å². The monoisotopic (exact) mass is 428 g/mol. The zero-order valence-electron chi connectivity index (χ0n) is 16.6. The second-order valence-electron chi connectivity index (χ2n) is 6.81. The zero-order valence-corrected chi connectivity index (χ0v) is 16.6. The maximum absolute atomic E-state index is 13.5. The smallest absolute Gasteiger partial charge is 0.249 e. The van der Waals surface area contributed by atoms with Crippen molar-refractivity contribution < 1.29 is 27.8 Å². The topological polar surface area (TPSA) is 94.5 Å². The number of aromatic nitrogens is 2. The van der Waals surface area contributed by atoms with Gasteiger partial charge in [-0.15, -0.1) is 0 Å². The first-order chi connectivity index (χ1) is 14.9. The van der Waals surface area contributed by atoms with Gasteiger partial charge in [0.25, 0.3) is 0 Å². The summed E-state index contributed by atoms with van der Waals surface area (Å²) in [5.41, 5.74) is 1.35. The second-order valence-corrected chi connectivity index (χ2v) is 6.81. The first-order valence-corrected chi connectivity index (χ1v) is 9.27. The van der Waals surface area contributed by atoms with Crippen LogP contribution < -0.4 is 20.1 Å². The summed E-state index contributed by atoms with van der Waals surface area (Å²) in [4.78, 5) is 25.1. The van der Waals surface area contributed by atoms with Gasteiger partial charge in [0.1, 0.15) is 11.9 Å². The predicted octanol–water partition coefficient (Wildman–Crippen LogP) is 3.37. The SMILES string of the molecule is COc1ccc(-c2cnn3c2NC(=O)C[C@@H]3C(=O)Nc2ccc(F)c(F)c2)cc1OC. The van der Waals surface area contributed by atoms with Crippen molar-refractivity contribution in [3.05, 3.63) is 54.2 Å². The molecule has 0 saturated heterocycles. The zero-order chi connectivity index (χ0) is 22.1. The second kappa shape index (κ2) is 8.05. The molecule has 1 atom stereocenters. The van der Waals surface area contributed by atoms with Crippen molar-refractivity contribution in [2.45, 2.75) is 12.5 Å². The Morgan fingerprint density at radius 1 is 1.13 bits per heavy atom. The molecule has 0 fully saturated rings. The van der Waals surface area contributed by atoms with E-state index in [0.717, 1.165) is 12.1 Å². The molecule has 10 heteroatoms. The van der Waals surface area contributed by atoms with Gasteiger partial charge in [-0.25, -0.2) is 13.5 Å². The van der Waals surface area contributed by atoms with Gasteiger partial charge in [-0.2, -0.15) is 5.10 Å². The van der Waals surface area contributed by atoms with Crippen molar-refractivity contribution in [2.24, 2.45) is 0 Å². The van der Waals surface area contributed by atoms with E-state index in [2.05, 4.69) is 15.7 Å². The first-order valence-electron chi connectivity index (χ1n) is 9.27. The number of benzene rings is 2. The van der Waals surface area contributed by atoms with Crippen LogP contribution in [0.5, 0.6) is 11.5 Å². The van der Waals surface area contributed by atoms with Crippen LogP contribution in [0.15, 0.2) is 42.6 Å². The summed E-state index contributed by atoms with van der Waals surface area (Å²) in [5, 5.41) is 9.52. The van der Waals surface area contributed by atoms with Crippen LogP contribution in [0.25, 0.3) is 11.1 Å². The van der Waals surface area contributed by atoms with E-state index in [0.29, 0.717) is 28.4 Å². The average Bonchev–Trinajstić information content (AvgIpc) is 3.18. The lowest BCUT2D eigenvalue weighted by molar-refractivity contribution is -0.125. The molecule has 31 heavy (non-hydrogen) atoms. The third-order valence-electron chi connectivity index (χ3n) is 4.91. The van der Waals surface area contributed by atoms with Crippen LogP contribution in [0.2, 0.25) is 0 Å². The summed E-state index contributed by atoms with van der Waals surface area (Å²) in [6, 6.07) is 7.27. The van der Waals surface area contributed by atoms with E-state index in [-0.39, 0.29) is 18.0 Å². The molecule has 2 aromatic carbocycles. The summed E-state index contributed by atoms with van der Waals surface area (Å²) >= 11 is 0. The molecule has 2 heterocycles. The standard InChI is InChI=1S/C21H18F2N4O4/c1-30-17-6-3-11(7-18(17)31-2)13-10-24-27-16(9-19(28)26-20(13)27)21(29)25-12-4-5-14(22)15(23)8-12/h3-8,10,16H,9H2,1-2H3,(H,25,29)(H,26,28)/t16-/m1/s1. The molecule has 160 valence electrons. The van der Waals surface area contributed by atoms with Crippen LogP contribution in [-0.4, -0.2) is 35.8 Å². The van der Waals surface area contributed by atoms with Crippen LogP contribution in [0.3, 0.4) is 0 Å². The molecule has 0 aliphatic carbocycles. The fourth-order valence-corrected chi connectivity index (χ4v) is 3.39. The first kappa shape index (κ1) is 20.3. The highest BCUT2D eigenvalue weighted by molar-refractivity contribution is 6.03. The van der Waals surface area contributed by atoms with Crippen molar-refractivity contribution in [2.75, 3.05) is 24.9 Å². The van der Waals surface area contributed by atoms with Crippen molar-refractivity contribution in [3.63, 3.8) is 0 Å². The van der Waals surface area contributed by atoms with Gasteiger partial charge in [0.15, 0.2) is 23.1 Å². The number of nitrogens with one attached hydrogen (secondary N) is 2. The quantitative estimate of drug-likeness (QED) is 0.650. The van der Waals surface area contributed by atoms with Gasteiger partial charge < -0.3 is 20.1 Å². The average molecular weight is 428 g/mol. The van der Waals surface area contributed by atoms with Gasteiger partial charge in [0.2, 0.25) is 11.8 Å². The van der Waals surface area contributed by atoms with Crippen molar-refractivity contribution >= 4 is 23.3 Å². The molecule has 1 aromatic heterocycles. The van der Waals surface area contributed by atoms with Crippen molar-refractivity contribution in [1.82, 2.24) is 9.78 Å². The van der Waals surface area contributed by atoms with Crippen LogP contribution in [0, 0.1) is 11.6 Å². The van der Waals surface area contributed by atoms with Crippen molar-refractivity contribution in [1.29, 1.82) is 0 Å². The molecule has 4 rings (SSSR count). The van der Waals surface area contributed by atoms with Crippen molar-refractivity contribution in [3.8, 4) is 22.6 Å². The summed E-state index contributed by atoms with van der Waals surface area (Å²) in [6.07, 6.45) is 1.37. The fourth-order valence-electron chi connectivity index (χ4n) is 3.39. The number of carbonyl (C=O) groups excluding carboxylic acids is 2. The maximum Gasteiger partial charge on any atom is 0.249 e. The molecular formula is C21H18F2N4O4. The van der Waals surface area contributed by atoms with E-state index in [1.54, 1.807) is 18.2 Å². The van der Waals surface area contributed by atoms with Gasteiger partial charge in [-0.1, -0.05) is 6.07 Å². The Balaban J connectivity index is 1.66. The summed E-state index contributed by atoms with van der Waals surface area (Å²) in [7, 11) is 3.03. The van der Waals surface area contributed by atoms with Crippen LogP contribution in [0.4, 0.5) is 20.3 Å². The van der Waals surface area contributed by atoms with Crippen LogP contribution in [0.1, 0.15) is 12.5 Å². The Morgan fingerprint density at radius 2 is 1.90 bits per heavy atom. The number of nitrogens with zero attached hydrogens (tertiary/aromatic N) is 2. The minimum atomic E-state index is -1.09. The van der Waals surface area contributed by atoms with Gasteiger partial charge in [-0.05, 0) is 29.8 Å². The third kappa shape index (κ3) is 3.79. The minimum absolute atomic E-state index is 0.0729. The van der Waals surface area contributed by atoms with E-state index in [9.17, 15) is 18.4 Å². The molecule has 0 unspecified atom stereocenters. The largest absolute Gasteiger partial charge is 0.493 e. The molecule has 0 spiro atoms. The van der Waals surface area contributed by atoms with E-state index < -0.39 is 23.6 Å². The lowest BCUT2D eigenvalue weighted by atomic mass is 10.1. The van der Waals surface area contributed by atoms with Gasteiger partial charge in [-0.3, -0.25) is 9.59 Å². The Bertz CT molecular complexity index is 1180. The summed E-state index contributed by atoms with van der Waals surface area (Å²) in [6.45, 7) is 0. The minimum Gasteiger partial charge on any atom is -0.493 e. The molecule has 0 radical (unpaired) electrons.